The standard InChI is InChI=1S/C19H28N4O3/c1-10-20-8-7-12(21-10)22-15(18(2,3)4)16(24)23-9-11-13(19(11,5)6)14(23)17(25)26/h7-8,11,13-15H,9H2,1-6H3,(H,25,26)(H,20,21,22). The first-order valence-electron chi connectivity index (χ1n) is 9.04. The van der Waals surface area contributed by atoms with Gasteiger partial charge < -0.3 is 15.3 Å². The van der Waals surface area contributed by atoms with Gasteiger partial charge in [-0.05, 0) is 29.7 Å². The fraction of sp³-hybridized carbons (Fsp3) is 0.684. The summed E-state index contributed by atoms with van der Waals surface area (Å²) in [6, 6.07) is 0.402. The van der Waals surface area contributed by atoms with Crippen LogP contribution in [0.4, 0.5) is 5.82 Å². The molecule has 142 valence electrons. The smallest absolute Gasteiger partial charge is 0.326 e. The van der Waals surface area contributed by atoms with Crippen molar-refractivity contribution >= 4 is 17.7 Å². The third kappa shape index (κ3) is 3.04. The van der Waals surface area contributed by atoms with Crippen LogP contribution in [0, 0.1) is 29.6 Å². The van der Waals surface area contributed by atoms with Gasteiger partial charge in [-0.3, -0.25) is 4.79 Å². The summed E-state index contributed by atoms with van der Waals surface area (Å²) in [5, 5.41) is 12.9. The normalized spacial score (nSPS) is 27.6. The molecule has 0 bridgehead atoms. The zero-order valence-corrected chi connectivity index (χ0v) is 16.3. The number of rotatable bonds is 4. The molecular formula is C19H28N4O3. The van der Waals surface area contributed by atoms with E-state index in [9.17, 15) is 14.7 Å². The largest absolute Gasteiger partial charge is 0.480 e. The summed E-state index contributed by atoms with van der Waals surface area (Å²) in [6.07, 6.45) is 1.64. The second-order valence-electron chi connectivity index (χ2n) is 9.16. The second-order valence-corrected chi connectivity index (χ2v) is 9.16. The van der Waals surface area contributed by atoms with Gasteiger partial charge in [-0.1, -0.05) is 34.6 Å². The number of piperidine rings is 1. The number of likely N-dealkylation sites (tertiary alicyclic amines) is 1. The van der Waals surface area contributed by atoms with E-state index in [1.807, 2.05) is 20.8 Å². The van der Waals surface area contributed by atoms with Crippen molar-refractivity contribution in [2.24, 2.45) is 22.7 Å². The molecule has 2 fully saturated rings. The summed E-state index contributed by atoms with van der Waals surface area (Å²) in [6.45, 7) is 12.4. The highest BCUT2D eigenvalue weighted by Crippen LogP contribution is 2.65. The van der Waals surface area contributed by atoms with Gasteiger partial charge in [0.2, 0.25) is 5.91 Å². The SMILES string of the molecule is Cc1nccc(NC(C(=O)N2CC3C(C2C(=O)O)C3(C)C)C(C)(C)C)n1. The molecule has 4 unspecified atom stereocenters. The van der Waals surface area contributed by atoms with Crippen LogP contribution in [0.5, 0.6) is 0 Å². The maximum atomic E-state index is 13.3. The number of carbonyl (C=O) groups excluding carboxylic acids is 1. The Morgan fingerprint density at radius 1 is 1.38 bits per heavy atom. The summed E-state index contributed by atoms with van der Waals surface area (Å²) in [4.78, 5) is 35.2. The van der Waals surface area contributed by atoms with Gasteiger partial charge in [-0.15, -0.1) is 0 Å². The molecule has 1 aromatic heterocycles. The molecular weight excluding hydrogens is 332 g/mol. The highest BCUT2D eigenvalue weighted by molar-refractivity contribution is 5.90. The predicted octanol–water partition coefficient (Wildman–Crippen LogP) is 2.18. The number of carboxylic acids is 1. The molecule has 7 nitrogen and oxygen atoms in total. The van der Waals surface area contributed by atoms with Gasteiger partial charge in [0.05, 0.1) is 0 Å². The quantitative estimate of drug-likeness (QED) is 0.854. The van der Waals surface area contributed by atoms with Crippen LogP contribution in [0.3, 0.4) is 0 Å². The number of amides is 1. The van der Waals surface area contributed by atoms with E-state index in [2.05, 4.69) is 29.1 Å². The van der Waals surface area contributed by atoms with Crippen LogP contribution in [0.1, 0.15) is 40.4 Å². The molecule has 2 aliphatic rings. The number of aromatic nitrogens is 2. The summed E-state index contributed by atoms with van der Waals surface area (Å²) in [7, 11) is 0. The minimum Gasteiger partial charge on any atom is -0.480 e. The molecule has 2 N–H and O–H groups in total. The zero-order chi connectivity index (χ0) is 19.4. The monoisotopic (exact) mass is 360 g/mol. The van der Waals surface area contributed by atoms with E-state index in [1.54, 1.807) is 24.1 Å². The highest BCUT2D eigenvalue weighted by atomic mass is 16.4. The Hall–Kier alpha value is -2.18. The first kappa shape index (κ1) is 18.6. The zero-order valence-electron chi connectivity index (χ0n) is 16.3. The average Bonchev–Trinajstić information content (AvgIpc) is 2.89. The fourth-order valence-electron chi connectivity index (χ4n) is 4.29. The Morgan fingerprint density at radius 3 is 2.58 bits per heavy atom. The average molecular weight is 360 g/mol. The molecule has 1 aromatic rings. The van der Waals surface area contributed by atoms with Crippen molar-refractivity contribution in [3.05, 3.63) is 18.1 Å². The Kier molecular flexibility index (Phi) is 4.24. The van der Waals surface area contributed by atoms with E-state index in [4.69, 9.17) is 0 Å². The Bertz CT molecular complexity index is 741. The highest BCUT2D eigenvalue weighted by Gasteiger charge is 2.70. The summed E-state index contributed by atoms with van der Waals surface area (Å²) in [5.41, 5.74) is -0.407. The number of hydrogen-bond acceptors (Lipinski definition) is 5. The van der Waals surface area contributed by atoms with Gasteiger partial charge >= 0.3 is 5.97 Å². The van der Waals surface area contributed by atoms with Crippen LogP contribution in [0.15, 0.2) is 12.3 Å². The molecule has 3 rings (SSSR count). The Morgan fingerprint density at radius 2 is 2.04 bits per heavy atom. The van der Waals surface area contributed by atoms with Crippen LogP contribution >= 0.6 is 0 Å². The second kappa shape index (κ2) is 5.93. The van der Waals surface area contributed by atoms with Crippen LogP contribution in [0.25, 0.3) is 0 Å². The lowest BCUT2D eigenvalue weighted by Gasteiger charge is -2.37. The molecule has 0 spiro atoms. The van der Waals surface area contributed by atoms with E-state index in [0.29, 0.717) is 18.2 Å². The number of carboxylic acid groups (broad SMARTS) is 1. The lowest BCUT2D eigenvalue weighted by atomic mass is 9.85. The summed E-state index contributed by atoms with van der Waals surface area (Å²) >= 11 is 0. The number of fused-ring (bicyclic) bond motifs is 1. The van der Waals surface area contributed by atoms with Crippen molar-refractivity contribution in [2.45, 2.75) is 53.6 Å². The molecule has 26 heavy (non-hydrogen) atoms. The number of nitrogens with one attached hydrogen (secondary N) is 1. The van der Waals surface area contributed by atoms with Gasteiger partial charge in [0.1, 0.15) is 23.7 Å². The number of hydrogen-bond donors (Lipinski definition) is 2. The van der Waals surface area contributed by atoms with Crippen LogP contribution in [-0.4, -0.2) is 50.5 Å². The molecule has 4 atom stereocenters. The van der Waals surface area contributed by atoms with Gasteiger partial charge in [0.15, 0.2) is 0 Å². The molecule has 1 aliphatic heterocycles. The van der Waals surface area contributed by atoms with Crippen LogP contribution in [0.2, 0.25) is 0 Å². The fourth-order valence-corrected chi connectivity index (χ4v) is 4.29. The minimum absolute atomic E-state index is 0.00569. The third-order valence-electron chi connectivity index (χ3n) is 5.93. The van der Waals surface area contributed by atoms with Crippen LogP contribution < -0.4 is 5.32 Å². The number of nitrogens with zero attached hydrogens (tertiary/aromatic N) is 3. The Balaban J connectivity index is 1.86. The van der Waals surface area contributed by atoms with Gasteiger partial charge in [0.25, 0.3) is 0 Å². The molecule has 1 saturated carbocycles. The topological polar surface area (TPSA) is 95.4 Å². The minimum atomic E-state index is -0.915. The third-order valence-corrected chi connectivity index (χ3v) is 5.93. The lowest BCUT2D eigenvalue weighted by Crippen LogP contribution is -2.54. The van der Waals surface area contributed by atoms with E-state index in [1.165, 1.54) is 0 Å². The molecule has 1 saturated heterocycles. The van der Waals surface area contributed by atoms with Crippen molar-refractivity contribution in [3.63, 3.8) is 0 Å². The van der Waals surface area contributed by atoms with E-state index >= 15 is 0 Å². The van der Waals surface area contributed by atoms with Crippen molar-refractivity contribution in [1.82, 2.24) is 14.9 Å². The van der Waals surface area contributed by atoms with E-state index in [-0.39, 0.29) is 23.2 Å². The van der Waals surface area contributed by atoms with E-state index in [0.717, 1.165) is 0 Å². The van der Waals surface area contributed by atoms with Gasteiger partial charge in [-0.2, -0.15) is 0 Å². The van der Waals surface area contributed by atoms with Crippen molar-refractivity contribution in [2.75, 3.05) is 11.9 Å². The van der Waals surface area contributed by atoms with Crippen molar-refractivity contribution in [1.29, 1.82) is 0 Å². The molecule has 2 heterocycles. The van der Waals surface area contributed by atoms with E-state index < -0.39 is 23.5 Å². The number of aryl methyl sites for hydroxylation is 1. The number of carbonyl (C=O) groups is 2. The molecule has 1 aliphatic carbocycles. The molecule has 1 amide bonds. The Labute approximate surface area is 154 Å². The lowest BCUT2D eigenvalue weighted by molar-refractivity contribution is -0.151. The molecule has 7 heteroatoms. The number of aliphatic carboxylic acids is 1. The van der Waals surface area contributed by atoms with Crippen molar-refractivity contribution < 1.29 is 14.7 Å². The van der Waals surface area contributed by atoms with Gasteiger partial charge in [-0.25, -0.2) is 14.8 Å². The first-order chi connectivity index (χ1) is 11.9. The molecule has 0 radical (unpaired) electrons. The maximum absolute atomic E-state index is 13.3. The summed E-state index contributed by atoms with van der Waals surface area (Å²) < 4.78 is 0. The summed E-state index contributed by atoms with van der Waals surface area (Å²) in [5.74, 6) is 0.386. The van der Waals surface area contributed by atoms with Crippen molar-refractivity contribution in [3.8, 4) is 0 Å². The predicted molar refractivity (Wildman–Crippen MR) is 97.5 cm³/mol. The van der Waals surface area contributed by atoms with Crippen LogP contribution in [-0.2, 0) is 9.59 Å². The van der Waals surface area contributed by atoms with Gasteiger partial charge in [0, 0.05) is 18.7 Å². The maximum Gasteiger partial charge on any atom is 0.326 e. The molecule has 0 aromatic carbocycles. The first-order valence-corrected chi connectivity index (χ1v) is 9.04. The number of anilines is 1.